The van der Waals surface area contributed by atoms with Crippen LogP contribution >= 0.6 is 0 Å². The summed E-state index contributed by atoms with van der Waals surface area (Å²) in [6.45, 7) is 14.0. The number of rotatable bonds is 10. The summed E-state index contributed by atoms with van der Waals surface area (Å²) in [4.78, 5) is 0. The molecule has 4 heteroatoms. The quantitative estimate of drug-likeness (QED) is 0.548. The monoisotopic (exact) mass is 290 g/mol. The molecule has 0 radical (unpaired) electrons. The van der Waals surface area contributed by atoms with Gasteiger partial charge in [-0.15, -0.1) is 0 Å². The lowest BCUT2D eigenvalue weighted by molar-refractivity contribution is 0.0370. The summed E-state index contributed by atoms with van der Waals surface area (Å²) in [5.41, 5.74) is 0.173. The van der Waals surface area contributed by atoms with E-state index in [1.165, 1.54) is 6.42 Å². The zero-order chi connectivity index (χ0) is 15.2. The van der Waals surface area contributed by atoms with Gasteiger partial charge in [-0.3, -0.25) is 0 Å². The minimum Gasteiger partial charge on any atom is -0.377 e. The fourth-order valence-corrected chi connectivity index (χ4v) is 5.80. The second-order valence-corrected chi connectivity index (χ2v) is 10.4. The van der Waals surface area contributed by atoms with E-state index in [1.54, 1.807) is 14.2 Å². The first-order valence-electron chi connectivity index (χ1n) is 7.44. The number of hydrogen-bond acceptors (Lipinski definition) is 3. The molecule has 0 aliphatic heterocycles. The molecule has 19 heavy (non-hydrogen) atoms. The molecule has 0 unspecified atom stereocenters. The molecule has 0 bridgehead atoms. The van der Waals surface area contributed by atoms with Crippen molar-refractivity contribution in [3.63, 3.8) is 0 Å². The van der Waals surface area contributed by atoms with Crippen molar-refractivity contribution in [2.45, 2.75) is 72.3 Å². The lowest BCUT2D eigenvalue weighted by atomic mass is 9.89. The van der Waals surface area contributed by atoms with Crippen molar-refractivity contribution in [3.05, 3.63) is 0 Å². The first-order chi connectivity index (χ1) is 8.70. The van der Waals surface area contributed by atoms with Crippen LogP contribution in [0.5, 0.6) is 0 Å². The van der Waals surface area contributed by atoms with Gasteiger partial charge in [0.1, 0.15) is 0 Å². The molecule has 0 spiro atoms. The van der Waals surface area contributed by atoms with Gasteiger partial charge in [0.25, 0.3) is 0 Å². The highest BCUT2D eigenvalue weighted by Gasteiger charge is 2.54. The normalized spacial score (nSPS) is 13.9. The minimum atomic E-state index is -2.63. The smallest absolute Gasteiger partial charge is 0.377 e. The van der Waals surface area contributed by atoms with Crippen molar-refractivity contribution in [1.29, 1.82) is 0 Å². The van der Waals surface area contributed by atoms with E-state index in [2.05, 4.69) is 41.5 Å². The van der Waals surface area contributed by atoms with Crippen LogP contribution < -0.4 is 0 Å². The van der Waals surface area contributed by atoms with Crippen molar-refractivity contribution in [1.82, 2.24) is 0 Å². The van der Waals surface area contributed by atoms with E-state index < -0.39 is 8.80 Å². The average molecular weight is 291 g/mol. The first-order valence-corrected chi connectivity index (χ1v) is 9.17. The van der Waals surface area contributed by atoms with E-state index in [0.29, 0.717) is 6.61 Å². The molecule has 0 fully saturated rings. The minimum absolute atomic E-state index is 0.0481. The lowest BCUT2D eigenvalue weighted by Crippen LogP contribution is -2.54. The molecule has 0 saturated carbocycles. The standard InChI is InChI=1S/C15H34O3Si/c1-9-11-14(3,4)13-18-19(16-7,17-8)15(5,6)12-10-2/h9-13H2,1-8H3. The first kappa shape index (κ1) is 19.1. The summed E-state index contributed by atoms with van der Waals surface area (Å²) in [5, 5.41) is -0.0481. The van der Waals surface area contributed by atoms with Gasteiger partial charge < -0.3 is 13.3 Å². The largest absolute Gasteiger partial charge is 0.506 e. The van der Waals surface area contributed by atoms with Crippen molar-refractivity contribution in [2.75, 3.05) is 20.8 Å². The Balaban J connectivity index is 4.91. The molecular formula is C15H34O3Si. The predicted molar refractivity (Wildman–Crippen MR) is 83.4 cm³/mol. The maximum Gasteiger partial charge on any atom is 0.506 e. The molecule has 0 N–H and O–H groups in total. The van der Waals surface area contributed by atoms with E-state index >= 15 is 0 Å². The van der Waals surface area contributed by atoms with Gasteiger partial charge in [0, 0.05) is 25.9 Å². The molecular weight excluding hydrogens is 256 g/mol. The second-order valence-electron chi connectivity index (χ2n) is 6.80. The molecule has 0 aliphatic rings. The Morgan fingerprint density at radius 3 is 1.68 bits per heavy atom. The highest BCUT2D eigenvalue weighted by atomic mass is 28.4. The third-order valence-electron chi connectivity index (χ3n) is 3.82. The molecule has 0 heterocycles. The van der Waals surface area contributed by atoms with Crippen molar-refractivity contribution >= 4 is 8.80 Å². The van der Waals surface area contributed by atoms with Crippen LogP contribution in [0.4, 0.5) is 0 Å². The van der Waals surface area contributed by atoms with Gasteiger partial charge in [-0.05, 0) is 18.3 Å². The Hall–Kier alpha value is 0.0969. The SMILES string of the molecule is CCCC(C)(C)CO[Si](OC)(OC)C(C)(C)CCC. The third-order valence-corrected chi connectivity index (χ3v) is 7.33. The van der Waals surface area contributed by atoms with E-state index in [-0.39, 0.29) is 10.5 Å². The summed E-state index contributed by atoms with van der Waals surface area (Å²) in [6, 6.07) is 0. The number of hydrogen-bond donors (Lipinski definition) is 0. The van der Waals surface area contributed by atoms with Crippen LogP contribution in [-0.2, 0) is 13.3 Å². The summed E-state index contributed by atoms with van der Waals surface area (Å²) in [5.74, 6) is 0. The maximum atomic E-state index is 6.26. The van der Waals surface area contributed by atoms with Crippen LogP contribution in [0.25, 0.3) is 0 Å². The Bertz CT molecular complexity index is 248. The van der Waals surface area contributed by atoms with Gasteiger partial charge >= 0.3 is 8.80 Å². The molecule has 0 saturated heterocycles. The van der Waals surface area contributed by atoms with E-state index in [4.69, 9.17) is 13.3 Å². The Morgan fingerprint density at radius 1 is 0.842 bits per heavy atom. The highest BCUT2D eigenvalue weighted by Crippen LogP contribution is 2.43. The fourth-order valence-electron chi connectivity index (χ4n) is 2.77. The average Bonchev–Trinajstić information content (AvgIpc) is 2.30. The van der Waals surface area contributed by atoms with E-state index in [9.17, 15) is 0 Å². The highest BCUT2D eigenvalue weighted by molar-refractivity contribution is 6.64. The third kappa shape index (κ3) is 5.18. The summed E-state index contributed by atoms with van der Waals surface area (Å²) in [6.07, 6.45) is 4.48. The zero-order valence-corrected chi connectivity index (χ0v) is 15.3. The predicted octanol–water partition coefficient (Wildman–Crippen LogP) is 4.64. The van der Waals surface area contributed by atoms with Crippen LogP contribution in [0.3, 0.4) is 0 Å². The Kier molecular flexibility index (Phi) is 7.81. The molecule has 0 amide bonds. The summed E-state index contributed by atoms with van der Waals surface area (Å²) in [7, 11) is 0.814. The molecule has 116 valence electrons. The van der Waals surface area contributed by atoms with Crippen molar-refractivity contribution < 1.29 is 13.3 Å². The maximum absolute atomic E-state index is 6.26. The lowest BCUT2D eigenvalue weighted by Gasteiger charge is -2.41. The van der Waals surface area contributed by atoms with Gasteiger partial charge in [0.05, 0.1) is 0 Å². The Labute approximate surface area is 121 Å². The topological polar surface area (TPSA) is 27.7 Å². The van der Waals surface area contributed by atoms with Crippen LogP contribution in [0.2, 0.25) is 5.04 Å². The van der Waals surface area contributed by atoms with Gasteiger partial charge in [-0.2, -0.15) is 0 Å². The summed E-state index contributed by atoms with van der Waals surface area (Å²) >= 11 is 0. The van der Waals surface area contributed by atoms with Gasteiger partial charge in [-0.25, -0.2) is 0 Å². The second kappa shape index (κ2) is 7.77. The van der Waals surface area contributed by atoms with E-state index in [0.717, 1.165) is 19.3 Å². The molecule has 0 atom stereocenters. The van der Waals surface area contributed by atoms with Crippen LogP contribution in [0, 0.1) is 5.41 Å². The van der Waals surface area contributed by atoms with Crippen molar-refractivity contribution in [3.8, 4) is 0 Å². The van der Waals surface area contributed by atoms with Gasteiger partial charge in [0.15, 0.2) is 0 Å². The van der Waals surface area contributed by atoms with Crippen LogP contribution in [0.1, 0.15) is 67.2 Å². The van der Waals surface area contributed by atoms with Gasteiger partial charge in [-0.1, -0.05) is 54.4 Å². The van der Waals surface area contributed by atoms with Crippen LogP contribution in [0.15, 0.2) is 0 Å². The molecule has 0 aromatic carbocycles. The zero-order valence-electron chi connectivity index (χ0n) is 14.3. The Morgan fingerprint density at radius 2 is 1.32 bits per heavy atom. The molecule has 3 nitrogen and oxygen atoms in total. The summed E-state index contributed by atoms with van der Waals surface area (Å²) < 4.78 is 17.8. The van der Waals surface area contributed by atoms with Crippen molar-refractivity contribution in [2.24, 2.45) is 5.41 Å². The fraction of sp³-hybridized carbons (Fsp3) is 1.00. The molecule has 0 rings (SSSR count). The molecule has 0 aromatic heterocycles. The van der Waals surface area contributed by atoms with Crippen LogP contribution in [-0.4, -0.2) is 29.6 Å². The molecule has 0 aromatic rings. The molecule has 0 aliphatic carbocycles. The van der Waals surface area contributed by atoms with E-state index in [1.807, 2.05) is 0 Å². The van der Waals surface area contributed by atoms with Gasteiger partial charge in [0.2, 0.25) is 0 Å².